The van der Waals surface area contributed by atoms with Crippen molar-refractivity contribution in [1.29, 1.82) is 0 Å². The third-order valence-corrected chi connectivity index (χ3v) is 3.10. The first-order valence-corrected chi connectivity index (χ1v) is 5.66. The molecular formula is C12H18N2O2. The quantitative estimate of drug-likeness (QED) is 0.705. The van der Waals surface area contributed by atoms with Gasteiger partial charge in [0.15, 0.2) is 0 Å². The molecule has 2 rings (SSSR count). The molecule has 1 aliphatic rings. The predicted molar refractivity (Wildman–Crippen MR) is 61.4 cm³/mol. The Morgan fingerprint density at radius 3 is 2.94 bits per heavy atom. The van der Waals surface area contributed by atoms with Gasteiger partial charge in [-0.05, 0) is 25.6 Å². The fourth-order valence-corrected chi connectivity index (χ4v) is 2.24. The molecule has 0 amide bonds. The first kappa shape index (κ1) is 11.2. The number of esters is 1. The summed E-state index contributed by atoms with van der Waals surface area (Å²) in [6.45, 7) is 4.22. The van der Waals surface area contributed by atoms with E-state index < -0.39 is 0 Å². The summed E-state index contributed by atoms with van der Waals surface area (Å²) in [5, 5.41) is 0. The van der Waals surface area contributed by atoms with E-state index in [9.17, 15) is 4.79 Å². The molecule has 1 aromatic rings. The summed E-state index contributed by atoms with van der Waals surface area (Å²) in [6, 6.07) is 1.96. The van der Waals surface area contributed by atoms with Crippen molar-refractivity contribution in [3.8, 4) is 0 Å². The van der Waals surface area contributed by atoms with E-state index in [1.165, 1.54) is 11.3 Å². The van der Waals surface area contributed by atoms with Crippen molar-refractivity contribution in [2.75, 3.05) is 20.2 Å². The van der Waals surface area contributed by atoms with Crippen LogP contribution in [-0.2, 0) is 24.8 Å². The SMILES string of the molecule is CCOC(=O)c1cc2c(n1C)CCN(C)C2. The summed E-state index contributed by atoms with van der Waals surface area (Å²) in [5.74, 6) is -0.220. The maximum Gasteiger partial charge on any atom is 0.354 e. The van der Waals surface area contributed by atoms with Crippen LogP contribution in [0.15, 0.2) is 6.07 Å². The van der Waals surface area contributed by atoms with E-state index in [-0.39, 0.29) is 5.97 Å². The average molecular weight is 222 g/mol. The van der Waals surface area contributed by atoms with Gasteiger partial charge in [0.1, 0.15) is 5.69 Å². The van der Waals surface area contributed by atoms with E-state index in [0.29, 0.717) is 12.3 Å². The molecule has 0 fully saturated rings. The molecule has 88 valence electrons. The average Bonchev–Trinajstić information content (AvgIpc) is 2.56. The Balaban J connectivity index is 2.32. The Hall–Kier alpha value is -1.29. The second-order valence-corrected chi connectivity index (χ2v) is 4.27. The zero-order valence-corrected chi connectivity index (χ0v) is 10.1. The number of rotatable bonds is 2. The summed E-state index contributed by atoms with van der Waals surface area (Å²) in [4.78, 5) is 14.0. The van der Waals surface area contributed by atoms with Gasteiger partial charge in [-0.3, -0.25) is 0 Å². The smallest absolute Gasteiger partial charge is 0.354 e. The van der Waals surface area contributed by atoms with Crippen molar-refractivity contribution < 1.29 is 9.53 Å². The van der Waals surface area contributed by atoms with Gasteiger partial charge in [0.2, 0.25) is 0 Å². The lowest BCUT2D eigenvalue weighted by Crippen LogP contribution is -2.27. The van der Waals surface area contributed by atoms with Crippen molar-refractivity contribution in [3.05, 3.63) is 23.0 Å². The Kier molecular flexibility index (Phi) is 3.01. The second kappa shape index (κ2) is 4.29. The maximum atomic E-state index is 11.7. The molecule has 2 heterocycles. The first-order chi connectivity index (χ1) is 7.63. The summed E-state index contributed by atoms with van der Waals surface area (Å²) in [5.41, 5.74) is 3.18. The highest BCUT2D eigenvalue weighted by molar-refractivity contribution is 5.88. The van der Waals surface area contributed by atoms with Crippen LogP contribution in [0.25, 0.3) is 0 Å². The summed E-state index contributed by atoms with van der Waals surface area (Å²) in [7, 11) is 4.04. The molecule has 0 radical (unpaired) electrons. The lowest BCUT2D eigenvalue weighted by atomic mass is 10.1. The van der Waals surface area contributed by atoms with Gasteiger partial charge in [0.25, 0.3) is 0 Å². The number of fused-ring (bicyclic) bond motifs is 1. The minimum atomic E-state index is -0.220. The van der Waals surface area contributed by atoms with E-state index in [1.807, 2.05) is 24.6 Å². The number of likely N-dealkylation sites (N-methyl/N-ethyl adjacent to an activating group) is 1. The fourth-order valence-electron chi connectivity index (χ4n) is 2.24. The van der Waals surface area contributed by atoms with E-state index in [0.717, 1.165) is 19.5 Å². The van der Waals surface area contributed by atoms with Crippen LogP contribution in [0.3, 0.4) is 0 Å². The van der Waals surface area contributed by atoms with E-state index in [2.05, 4.69) is 11.9 Å². The normalized spacial score (nSPS) is 15.9. The summed E-state index contributed by atoms with van der Waals surface area (Å²) in [6.07, 6.45) is 1.00. The molecule has 0 aliphatic carbocycles. The van der Waals surface area contributed by atoms with E-state index in [1.54, 1.807) is 0 Å². The number of carbonyl (C=O) groups is 1. The fraction of sp³-hybridized carbons (Fsp3) is 0.583. The van der Waals surface area contributed by atoms with Gasteiger partial charge in [0.05, 0.1) is 6.61 Å². The minimum Gasteiger partial charge on any atom is -0.461 e. The van der Waals surface area contributed by atoms with Gasteiger partial charge in [-0.2, -0.15) is 0 Å². The van der Waals surface area contributed by atoms with E-state index >= 15 is 0 Å². The number of ether oxygens (including phenoxy) is 1. The second-order valence-electron chi connectivity index (χ2n) is 4.27. The van der Waals surface area contributed by atoms with Crippen molar-refractivity contribution in [1.82, 2.24) is 9.47 Å². The van der Waals surface area contributed by atoms with Crippen LogP contribution in [0.2, 0.25) is 0 Å². The van der Waals surface area contributed by atoms with Gasteiger partial charge in [-0.15, -0.1) is 0 Å². The molecule has 1 aliphatic heterocycles. The molecule has 4 nitrogen and oxygen atoms in total. The molecule has 1 aromatic heterocycles. The molecular weight excluding hydrogens is 204 g/mol. The van der Waals surface area contributed by atoms with Crippen molar-refractivity contribution in [2.24, 2.45) is 7.05 Å². The topological polar surface area (TPSA) is 34.5 Å². The number of carbonyl (C=O) groups excluding carboxylic acids is 1. The molecule has 0 N–H and O–H groups in total. The molecule has 0 aromatic carbocycles. The Labute approximate surface area is 95.8 Å². The highest BCUT2D eigenvalue weighted by Gasteiger charge is 2.22. The zero-order valence-electron chi connectivity index (χ0n) is 10.1. The molecule has 0 saturated carbocycles. The molecule has 0 spiro atoms. The largest absolute Gasteiger partial charge is 0.461 e. The minimum absolute atomic E-state index is 0.220. The van der Waals surface area contributed by atoms with Crippen LogP contribution in [-0.4, -0.2) is 35.6 Å². The first-order valence-electron chi connectivity index (χ1n) is 5.66. The highest BCUT2D eigenvalue weighted by Crippen LogP contribution is 2.22. The standard InChI is InChI=1S/C12H18N2O2/c1-4-16-12(15)11-7-9-8-13(2)6-5-10(9)14(11)3/h7H,4-6,8H2,1-3H3. The van der Waals surface area contributed by atoms with Crippen LogP contribution in [0.5, 0.6) is 0 Å². The van der Waals surface area contributed by atoms with Crippen LogP contribution >= 0.6 is 0 Å². The Morgan fingerprint density at radius 1 is 1.50 bits per heavy atom. The van der Waals surface area contributed by atoms with Gasteiger partial charge in [-0.25, -0.2) is 4.79 Å². The van der Waals surface area contributed by atoms with Crippen molar-refractivity contribution in [2.45, 2.75) is 19.9 Å². The summed E-state index contributed by atoms with van der Waals surface area (Å²) < 4.78 is 7.01. The molecule has 0 unspecified atom stereocenters. The Bertz CT molecular complexity index is 409. The zero-order chi connectivity index (χ0) is 11.7. The predicted octanol–water partition coefficient (Wildman–Crippen LogP) is 1.19. The number of aromatic nitrogens is 1. The van der Waals surface area contributed by atoms with Gasteiger partial charge in [-0.1, -0.05) is 0 Å². The van der Waals surface area contributed by atoms with Gasteiger partial charge in [0, 0.05) is 32.3 Å². The van der Waals surface area contributed by atoms with Crippen LogP contribution < -0.4 is 0 Å². The Morgan fingerprint density at radius 2 is 2.25 bits per heavy atom. The number of nitrogens with zero attached hydrogens (tertiary/aromatic N) is 2. The van der Waals surface area contributed by atoms with Crippen LogP contribution in [0.4, 0.5) is 0 Å². The monoisotopic (exact) mass is 222 g/mol. The molecule has 16 heavy (non-hydrogen) atoms. The van der Waals surface area contributed by atoms with Gasteiger partial charge >= 0.3 is 5.97 Å². The summed E-state index contributed by atoms with van der Waals surface area (Å²) >= 11 is 0. The number of hydrogen-bond acceptors (Lipinski definition) is 3. The lowest BCUT2D eigenvalue weighted by Gasteiger charge is -2.23. The highest BCUT2D eigenvalue weighted by atomic mass is 16.5. The number of hydrogen-bond donors (Lipinski definition) is 0. The van der Waals surface area contributed by atoms with Crippen LogP contribution in [0, 0.1) is 0 Å². The molecule has 0 saturated heterocycles. The maximum absolute atomic E-state index is 11.7. The molecule has 4 heteroatoms. The molecule has 0 atom stereocenters. The molecule has 0 bridgehead atoms. The third-order valence-electron chi connectivity index (χ3n) is 3.10. The van der Waals surface area contributed by atoms with E-state index in [4.69, 9.17) is 4.74 Å². The van der Waals surface area contributed by atoms with Crippen LogP contribution in [0.1, 0.15) is 28.7 Å². The van der Waals surface area contributed by atoms with Gasteiger partial charge < -0.3 is 14.2 Å². The lowest BCUT2D eigenvalue weighted by molar-refractivity contribution is 0.0515. The van der Waals surface area contributed by atoms with Crippen molar-refractivity contribution in [3.63, 3.8) is 0 Å². The third kappa shape index (κ3) is 1.85. The van der Waals surface area contributed by atoms with Crippen molar-refractivity contribution >= 4 is 5.97 Å².